The molecular weight excluding hydrogens is 388 g/mol. The summed E-state index contributed by atoms with van der Waals surface area (Å²) in [6.07, 6.45) is 15.0. The highest BCUT2D eigenvalue weighted by Crippen LogP contribution is 2.65. The summed E-state index contributed by atoms with van der Waals surface area (Å²) >= 11 is 0. The first-order chi connectivity index (χ1) is 14.8. The van der Waals surface area contributed by atoms with Crippen LogP contribution < -0.4 is 5.32 Å². The molecule has 5 rings (SSSR count). The number of nitrogens with one attached hydrogen (secondary N) is 2. The number of likely N-dealkylation sites (N-methyl/N-ethyl adjacent to an activating group) is 1. The molecular formula is C25H36N4O2. The molecule has 31 heavy (non-hydrogen) atoms. The van der Waals surface area contributed by atoms with Crippen LogP contribution in [0, 0.1) is 34.5 Å². The Hall–Kier alpha value is -2.11. The molecule has 4 aliphatic rings. The first kappa shape index (κ1) is 20.8. The van der Waals surface area contributed by atoms with Crippen molar-refractivity contribution in [2.24, 2.45) is 34.5 Å². The van der Waals surface area contributed by atoms with Crippen molar-refractivity contribution in [1.82, 2.24) is 20.2 Å². The highest BCUT2D eigenvalue weighted by atomic mass is 16.2. The van der Waals surface area contributed by atoms with Crippen LogP contribution in [0.25, 0.3) is 0 Å². The Balaban J connectivity index is 1.30. The van der Waals surface area contributed by atoms with E-state index in [1.807, 2.05) is 18.1 Å². The maximum Gasteiger partial charge on any atom is 0.246 e. The Kier molecular flexibility index (Phi) is 5.02. The minimum Gasteiger partial charge on any atom is -0.355 e. The molecule has 6 heteroatoms. The zero-order chi connectivity index (χ0) is 21.8. The van der Waals surface area contributed by atoms with E-state index in [1.165, 1.54) is 6.42 Å². The number of amides is 2. The van der Waals surface area contributed by atoms with Crippen molar-refractivity contribution in [1.29, 1.82) is 0 Å². The third-order valence-corrected chi connectivity index (χ3v) is 9.69. The number of aromatic amines is 1. The number of imidazole rings is 1. The van der Waals surface area contributed by atoms with Gasteiger partial charge in [0.1, 0.15) is 0 Å². The number of hydrogen-bond acceptors (Lipinski definition) is 3. The lowest BCUT2D eigenvalue weighted by molar-refractivity contribution is -0.142. The predicted octanol–water partition coefficient (Wildman–Crippen LogP) is 3.32. The van der Waals surface area contributed by atoms with E-state index in [0.29, 0.717) is 30.3 Å². The lowest BCUT2D eigenvalue weighted by Crippen LogP contribution is -2.59. The number of rotatable bonds is 4. The van der Waals surface area contributed by atoms with Crippen LogP contribution in [0.1, 0.15) is 58.1 Å². The zero-order valence-electron chi connectivity index (χ0n) is 19.1. The Labute approximate surface area is 185 Å². The minimum absolute atomic E-state index is 0.0668. The maximum atomic E-state index is 13.2. The van der Waals surface area contributed by atoms with Crippen LogP contribution in [0.5, 0.6) is 0 Å². The Morgan fingerprint density at radius 3 is 2.84 bits per heavy atom. The molecule has 0 spiro atoms. The zero-order valence-corrected chi connectivity index (χ0v) is 19.1. The average Bonchev–Trinajstić information content (AvgIpc) is 3.38. The topological polar surface area (TPSA) is 78.1 Å². The summed E-state index contributed by atoms with van der Waals surface area (Å²) in [4.78, 5) is 34.6. The van der Waals surface area contributed by atoms with Crippen LogP contribution in [0.3, 0.4) is 0 Å². The monoisotopic (exact) mass is 424 g/mol. The lowest BCUT2D eigenvalue weighted by atomic mass is 9.47. The van der Waals surface area contributed by atoms with E-state index in [4.69, 9.17) is 0 Å². The van der Waals surface area contributed by atoms with Crippen LogP contribution in [-0.2, 0) is 16.0 Å². The fraction of sp³-hybridized carbons (Fsp3) is 0.720. The second-order valence-electron chi connectivity index (χ2n) is 10.9. The van der Waals surface area contributed by atoms with Gasteiger partial charge in [0.2, 0.25) is 11.8 Å². The molecule has 2 N–H and O–H groups in total. The van der Waals surface area contributed by atoms with Gasteiger partial charge in [-0.3, -0.25) is 9.59 Å². The molecule has 3 saturated carbocycles. The van der Waals surface area contributed by atoms with E-state index < -0.39 is 0 Å². The molecule has 1 aromatic rings. The molecule has 0 aromatic carbocycles. The molecule has 0 radical (unpaired) electrons. The molecule has 0 unspecified atom stereocenters. The minimum atomic E-state index is 0.0668. The van der Waals surface area contributed by atoms with Crippen LogP contribution in [0.4, 0.5) is 0 Å². The van der Waals surface area contributed by atoms with Gasteiger partial charge in [-0.2, -0.15) is 0 Å². The molecule has 6 nitrogen and oxygen atoms in total. The van der Waals surface area contributed by atoms with E-state index in [2.05, 4.69) is 35.2 Å². The van der Waals surface area contributed by atoms with Gasteiger partial charge in [0.15, 0.2) is 0 Å². The van der Waals surface area contributed by atoms with Crippen LogP contribution in [-0.4, -0.2) is 46.3 Å². The Morgan fingerprint density at radius 1 is 1.23 bits per heavy atom. The van der Waals surface area contributed by atoms with Crippen molar-refractivity contribution in [3.63, 3.8) is 0 Å². The molecule has 168 valence electrons. The molecule has 7 atom stereocenters. The molecule has 1 aromatic heterocycles. The fourth-order valence-electron chi connectivity index (χ4n) is 8.03. The number of nitrogens with zero attached hydrogens (tertiary/aromatic N) is 2. The fourth-order valence-corrected chi connectivity index (χ4v) is 8.03. The van der Waals surface area contributed by atoms with Crippen molar-refractivity contribution < 1.29 is 9.59 Å². The molecule has 1 aliphatic heterocycles. The lowest BCUT2D eigenvalue weighted by Gasteiger charge is -2.60. The largest absolute Gasteiger partial charge is 0.355 e. The first-order valence-corrected chi connectivity index (χ1v) is 12.1. The van der Waals surface area contributed by atoms with Crippen LogP contribution in [0.2, 0.25) is 0 Å². The summed E-state index contributed by atoms with van der Waals surface area (Å²) in [6, 6.07) is 0.318. The van der Waals surface area contributed by atoms with E-state index in [-0.39, 0.29) is 28.6 Å². The van der Waals surface area contributed by atoms with Gasteiger partial charge in [0, 0.05) is 49.3 Å². The van der Waals surface area contributed by atoms with Crippen molar-refractivity contribution in [3.05, 3.63) is 30.4 Å². The molecule has 0 saturated heterocycles. The summed E-state index contributed by atoms with van der Waals surface area (Å²) in [5.41, 5.74) is 1.23. The third-order valence-electron chi connectivity index (χ3n) is 9.69. The first-order valence-electron chi connectivity index (χ1n) is 12.1. The highest BCUT2D eigenvalue weighted by molar-refractivity contribution is 5.89. The van der Waals surface area contributed by atoms with Crippen molar-refractivity contribution in [2.75, 3.05) is 13.6 Å². The average molecular weight is 425 g/mol. The highest BCUT2D eigenvalue weighted by Gasteiger charge is 2.61. The van der Waals surface area contributed by atoms with Crippen molar-refractivity contribution in [2.45, 2.75) is 64.8 Å². The van der Waals surface area contributed by atoms with Crippen LogP contribution in [0.15, 0.2) is 24.7 Å². The third kappa shape index (κ3) is 3.16. The molecule has 3 fully saturated rings. The number of aromatic nitrogens is 2. The molecule has 0 bridgehead atoms. The number of carbonyl (C=O) groups excluding carboxylic acids is 2. The Bertz CT molecular complexity index is 880. The normalized spacial score (nSPS) is 41.5. The summed E-state index contributed by atoms with van der Waals surface area (Å²) in [5, 5.41) is 3.21. The smallest absolute Gasteiger partial charge is 0.246 e. The summed E-state index contributed by atoms with van der Waals surface area (Å²) in [7, 11) is 1.97. The van der Waals surface area contributed by atoms with Crippen molar-refractivity contribution in [3.8, 4) is 0 Å². The second-order valence-corrected chi connectivity index (χ2v) is 10.9. The van der Waals surface area contributed by atoms with Crippen LogP contribution >= 0.6 is 0 Å². The molecule has 3 aliphatic carbocycles. The second kappa shape index (κ2) is 7.49. The number of fused-ring (bicyclic) bond motifs is 5. The van der Waals surface area contributed by atoms with Gasteiger partial charge in [-0.05, 0) is 67.8 Å². The SMILES string of the molecule is CN1C(=O)C=C[C@]2(C)[C@H]3CC[C@]4(C)[C@@H](C(=O)NCCc5cnc[nH]5)CC[C@H]4[C@@H]3CC[C@@H]12. The summed E-state index contributed by atoms with van der Waals surface area (Å²) in [6.45, 7) is 5.43. The predicted molar refractivity (Wildman–Crippen MR) is 119 cm³/mol. The number of carbonyl (C=O) groups is 2. The quantitative estimate of drug-likeness (QED) is 0.778. The standard InChI is InChI=1S/C25H36N4O2/c1-24-11-8-19-17(4-7-21-25(19,2)12-9-22(30)29(21)3)18(24)5-6-20(24)23(31)27-13-10-16-14-26-15-28-16/h9,12,14-15,17-21H,4-8,10-11,13H2,1-3H3,(H,26,28)(H,27,31)/t17-,18-,19-,20+,21+,24-,25+/m0/s1. The van der Waals surface area contributed by atoms with E-state index in [9.17, 15) is 9.59 Å². The van der Waals surface area contributed by atoms with E-state index in [0.717, 1.165) is 44.2 Å². The summed E-state index contributed by atoms with van der Waals surface area (Å²) < 4.78 is 0. The maximum absolute atomic E-state index is 13.2. The van der Waals surface area contributed by atoms with Gasteiger partial charge < -0.3 is 15.2 Å². The van der Waals surface area contributed by atoms with Gasteiger partial charge in [0.05, 0.1) is 6.33 Å². The number of hydrogen-bond donors (Lipinski definition) is 2. The van der Waals surface area contributed by atoms with Gasteiger partial charge in [-0.1, -0.05) is 19.9 Å². The van der Waals surface area contributed by atoms with E-state index in [1.54, 1.807) is 12.4 Å². The summed E-state index contributed by atoms with van der Waals surface area (Å²) in [5.74, 6) is 2.40. The Morgan fingerprint density at radius 2 is 2.06 bits per heavy atom. The van der Waals surface area contributed by atoms with Crippen molar-refractivity contribution >= 4 is 11.8 Å². The number of H-pyrrole nitrogens is 1. The van der Waals surface area contributed by atoms with Gasteiger partial charge >= 0.3 is 0 Å². The molecule has 2 amide bonds. The molecule has 2 heterocycles. The van der Waals surface area contributed by atoms with E-state index >= 15 is 0 Å². The van der Waals surface area contributed by atoms with Gasteiger partial charge in [-0.25, -0.2) is 4.98 Å². The van der Waals surface area contributed by atoms with Gasteiger partial charge in [0.25, 0.3) is 0 Å². The van der Waals surface area contributed by atoms with Gasteiger partial charge in [-0.15, -0.1) is 0 Å².